The first-order chi connectivity index (χ1) is 68.6. The number of Topliss-reactive ketones (excluding diaryl/α,β-unsaturated/α-hetero) is 2. The van der Waals surface area contributed by atoms with E-state index in [1.54, 1.807) is 6.20 Å². The van der Waals surface area contributed by atoms with Crippen molar-refractivity contribution in [1.29, 1.82) is 0 Å². The van der Waals surface area contributed by atoms with Crippen LogP contribution in [0.4, 0.5) is 0 Å². The Kier molecular flexibility index (Phi) is 48.0. The second-order valence-corrected chi connectivity index (χ2v) is 34.1. The fourth-order valence-corrected chi connectivity index (χ4v) is 18.1. The summed E-state index contributed by atoms with van der Waals surface area (Å²) in [7, 11) is 0. The molecule has 1 atom stereocenters. The van der Waals surface area contributed by atoms with Crippen LogP contribution in [0.5, 0.6) is 0 Å². The van der Waals surface area contributed by atoms with E-state index in [0.717, 1.165) is 164 Å². The molecule has 1 aliphatic carbocycles. The van der Waals surface area contributed by atoms with E-state index >= 15 is 0 Å². The largest absolute Gasteiger partial charge is 2.00 e. The molecule has 10 aromatic carbocycles. The second-order valence-electron chi connectivity index (χ2n) is 34.1. The van der Waals surface area contributed by atoms with Crippen LogP contribution in [0, 0.1) is 24.3 Å². The van der Waals surface area contributed by atoms with E-state index in [1.165, 1.54) is 135 Å². The summed E-state index contributed by atoms with van der Waals surface area (Å²) in [6, 6.07) is 104. The minimum Gasteiger partial charge on any atom is -0.661 e. The summed E-state index contributed by atoms with van der Waals surface area (Å²) in [6.45, 7) is 25.1. The summed E-state index contributed by atoms with van der Waals surface area (Å²) in [5, 5.41) is 34.0. The van der Waals surface area contributed by atoms with Crippen molar-refractivity contribution in [2.24, 2.45) is 9.98 Å². The molecule has 0 saturated carbocycles. The monoisotopic (exact) mass is 2820 g/mol. The van der Waals surface area contributed by atoms with Gasteiger partial charge in [-0.15, -0.1) is 159 Å². The van der Waals surface area contributed by atoms with Gasteiger partial charge in [0.05, 0.1) is 62.5 Å². The quantitative estimate of drug-likeness (QED) is 0.0252. The molecule has 0 amide bonds. The molecule has 21 heteroatoms. The maximum atomic E-state index is 11.0. The fraction of sp³-hybridized carbons (Fsp3) is 0.208. The van der Waals surface area contributed by atoms with Crippen LogP contribution in [0.1, 0.15) is 169 Å². The van der Waals surface area contributed by atoms with E-state index in [2.05, 4.69) is 205 Å². The summed E-state index contributed by atoms with van der Waals surface area (Å²) >= 11 is 0. The smallest absolute Gasteiger partial charge is 0.661 e. The van der Waals surface area contributed by atoms with E-state index in [4.69, 9.17) is 50.2 Å². The number of hydrogen-bond acceptors (Lipinski definition) is 14. The van der Waals surface area contributed by atoms with Crippen LogP contribution in [0.25, 0.3) is 129 Å². The number of carbonyl (C=O) groups excluding carboxylic acids is 4. The van der Waals surface area contributed by atoms with Gasteiger partial charge in [-0.05, 0) is 201 Å². The molecule has 0 fully saturated rings. The molecule has 756 valence electrons. The molecule has 0 saturated heterocycles. The van der Waals surface area contributed by atoms with E-state index in [1.807, 2.05) is 182 Å². The average Bonchev–Trinajstić information content (AvgIpc) is 1.22. The molecule has 3 aliphatic heterocycles. The van der Waals surface area contributed by atoms with Crippen LogP contribution >= 0.6 is 0 Å². The van der Waals surface area contributed by atoms with Gasteiger partial charge in [0.25, 0.3) is 0 Å². The van der Waals surface area contributed by atoms with Crippen molar-refractivity contribution >= 4 is 96.3 Å². The van der Waals surface area contributed by atoms with Gasteiger partial charge in [-0.3, -0.25) is 39.1 Å². The molecule has 146 heavy (non-hydrogen) atoms. The predicted octanol–water partition coefficient (Wildman–Crippen LogP) is 27.3. The Bertz CT molecular complexity index is 7390. The first-order valence-corrected chi connectivity index (χ1v) is 48.5. The molecule has 4 aliphatic rings. The Morgan fingerprint density at radius 1 is 0.411 bits per heavy atom. The van der Waals surface area contributed by atoms with Gasteiger partial charge in [0.15, 0.2) is 23.1 Å². The number of ketones is 4. The molecule has 20 rings (SSSR count). The molecule has 3 N–H and O–H groups in total. The van der Waals surface area contributed by atoms with E-state index in [9.17, 15) is 19.2 Å². The summed E-state index contributed by atoms with van der Waals surface area (Å²) in [4.78, 5) is 86.4. The van der Waals surface area contributed by atoms with Crippen LogP contribution < -0.4 is 20.7 Å². The van der Waals surface area contributed by atoms with Crippen molar-refractivity contribution in [3.05, 3.63) is 417 Å². The van der Waals surface area contributed by atoms with Crippen LogP contribution in [0.3, 0.4) is 0 Å². The summed E-state index contributed by atoms with van der Waals surface area (Å²) in [5.41, 5.74) is 31.7. The van der Waals surface area contributed by atoms with Crippen LogP contribution in [-0.2, 0) is 153 Å². The summed E-state index contributed by atoms with van der Waals surface area (Å²) in [5.74, 6) is -0.706. The standard InChI is InChI=1S/C36H46N4.C20H13N2.C19H12N.C17H12N.C15H10N.C8H10O3.2C5H8O2.4Ir.Pt/c1-9-21-22(10-2)30-18-32-25(13-5)26(14-6)34(39-32)20-36-28(16-8)27(15-7)35(40-36)19-33-24(12-4)23(11-3)31(38-33)17-29(21)37-30;1-3-9-15(10-4-1)19-20(16-11-5-2-6-12-16)22-18-14-8-7-13-17(18)21-19;1-2-8-14(9-3-1)19-17-12-5-4-10-15(17)16-11-6-7-13-18(16)20-19;1-2-7-14(8-3-1)15-9-6-10-16(13-15)17-11-4-5-12-18-17;1-2-7-13(8-3-1)15-14-9-5-4-6-12(14)10-11-16-15;1-5(9)8-6(10)3-2-4-7(8)11;2*1-4(6)3-5(2)7;;;;;/h17-19,34H,9-16,20H2,1-8H3;1-11,13-14H;1-8,10-13H;1-9,11-13H;1-7,9-11H;10H,2-4H2,1H3;2*3,6H,1-2H3;;;;;/q-2;4*-1;;;;;;;;+2. The SMILES string of the molecule is CC(=O)C1=C(O)CCCC1=O.CC(=O)C=C(C)O.CC(=O)C=C(C)O.CCC1=C(CC)C2=NC1=Cc1[n-]c(c(CC)c1CC)CC1N=C(C=c3[n-]c(c(CC)c3CC)=C2)C(CC)=C1CC.[Ir].[Ir].[Ir].[Ir].[Pt+2].[c-]1ccc(-c2ccccc2)cc1-c1ccccn1.[c-]1ccccc1-c1nc2ccccc2c2ccccc12.[c-]1ccccc1-c1nc2ccccc2nc1-c1ccccc1.[c-]1ccccc1-c1nccc2ccccc12. The van der Waals surface area contributed by atoms with Crippen molar-refractivity contribution in [2.45, 2.75) is 173 Å². The molecular formula is C125H119Ir4N9O7Pt-4. The predicted molar refractivity (Wildman–Crippen MR) is 577 cm³/mol. The Hall–Kier alpha value is -12.8. The summed E-state index contributed by atoms with van der Waals surface area (Å²) < 4.78 is 0. The normalized spacial score (nSPS) is 13.1. The van der Waals surface area contributed by atoms with Crippen LogP contribution in [0.2, 0.25) is 0 Å². The van der Waals surface area contributed by atoms with E-state index < -0.39 is 0 Å². The van der Waals surface area contributed by atoms with Crippen molar-refractivity contribution in [2.75, 3.05) is 0 Å². The first-order valence-electron chi connectivity index (χ1n) is 48.5. The van der Waals surface area contributed by atoms with Gasteiger partial charge >= 0.3 is 21.1 Å². The molecule has 9 heterocycles. The zero-order valence-corrected chi connectivity index (χ0v) is 96.1. The van der Waals surface area contributed by atoms with Crippen LogP contribution in [0.15, 0.2) is 358 Å². The van der Waals surface area contributed by atoms with Gasteiger partial charge < -0.3 is 35.3 Å². The van der Waals surface area contributed by atoms with Crippen molar-refractivity contribution in [1.82, 2.24) is 34.9 Å². The minimum atomic E-state index is -0.327. The van der Waals surface area contributed by atoms with Gasteiger partial charge in [0.1, 0.15) is 5.76 Å². The number of rotatable bonds is 17. The number of pyridine rings is 3. The summed E-state index contributed by atoms with van der Waals surface area (Å²) in [6.07, 6.45) is 23.0. The Labute approximate surface area is 926 Å². The van der Waals surface area contributed by atoms with Gasteiger partial charge in [0.2, 0.25) is 0 Å². The van der Waals surface area contributed by atoms with Gasteiger partial charge in [-0.25, -0.2) is 4.99 Å². The zero-order valence-electron chi connectivity index (χ0n) is 84.2. The number of fused-ring (bicyclic) bond motifs is 11. The number of aliphatic hydroxyl groups is 3. The third-order valence-electron chi connectivity index (χ3n) is 24.4. The number of para-hydroxylation sites is 3. The third kappa shape index (κ3) is 30.7. The fourth-order valence-electron chi connectivity index (χ4n) is 18.1. The van der Waals surface area contributed by atoms with Crippen molar-refractivity contribution < 1.29 is 136 Å². The number of allylic oxidation sites excluding steroid dienone is 9. The molecule has 8 bridgehead atoms. The number of hydrogen-bond donors (Lipinski definition) is 3. The van der Waals surface area contributed by atoms with Crippen LogP contribution in [-0.4, -0.2) is 80.8 Å². The number of carbonyl (C=O) groups is 4. The Morgan fingerprint density at radius 3 is 1.42 bits per heavy atom. The minimum absolute atomic E-state index is 0. The molecule has 1 unspecified atom stereocenters. The number of aliphatic imine (C=N–C) groups is 2. The van der Waals surface area contributed by atoms with Gasteiger partial charge in [-0.1, -0.05) is 248 Å². The molecule has 16 aromatic rings. The zero-order chi connectivity index (χ0) is 99.9. The molecule has 16 nitrogen and oxygen atoms in total. The Balaban J connectivity index is 0.000000215. The molecule has 0 spiro atoms. The maximum Gasteiger partial charge on any atom is 2.00 e. The third-order valence-corrected chi connectivity index (χ3v) is 24.4. The van der Waals surface area contributed by atoms with E-state index in [-0.39, 0.29) is 154 Å². The number of aromatic nitrogens is 7. The first kappa shape index (κ1) is 118. The molecule has 6 aromatic heterocycles. The number of benzene rings is 10. The van der Waals surface area contributed by atoms with Gasteiger partial charge in [0, 0.05) is 129 Å². The second kappa shape index (κ2) is 59.1. The van der Waals surface area contributed by atoms with Crippen molar-refractivity contribution in [3.63, 3.8) is 0 Å². The van der Waals surface area contributed by atoms with E-state index in [0.29, 0.717) is 19.3 Å². The van der Waals surface area contributed by atoms with Gasteiger partial charge in [-0.2, -0.15) is 5.69 Å². The topological polar surface area (TPSA) is 246 Å². The van der Waals surface area contributed by atoms with Crippen molar-refractivity contribution in [3.8, 4) is 67.4 Å². The average molecular weight is 2820 g/mol. The number of nitrogens with zero attached hydrogens (tertiary/aromatic N) is 9. The molecule has 4 radical (unpaired) electrons. The Morgan fingerprint density at radius 2 is 0.904 bits per heavy atom. The number of aliphatic hydroxyl groups excluding tert-OH is 3. The molecular weight excluding hydrogens is 2700 g/mol. The maximum absolute atomic E-state index is 11.0.